The number of likely N-dealkylation sites (N-methyl/N-ethyl adjacent to an activating group) is 1. The summed E-state index contributed by atoms with van der Waals surface area (Å²) in [7, 11) is 4.11. The number of benzene rings is 2. The molecule has 144 valence electrons. The number of nitrogens with zero attached hydrogens (tertiary/aromatic N) is 2. The van der Waals surface area contributed by atoms with E-state index in [1.165, 1.54) is 23.3 Å². The van der Waals surface area contributed by atoms with Crippen molar-refractivity contribution in [2.24, 2.45) is 0 Å². The van der Waals surface area contributed by atoms with Gasteiger partial charge in [0.25, 0.3) is 5.91 Å². The number of amides is 1. The number of aromatic nitrogens is 2. The highest BCUT2D eigenvalue weighted by atomic mass is 19.1. The lowest BCUT2D eigenvalue weighted by Crippen LogP contribution is -2.53. The minimum absolute atomic E-state index is 0.140. The first-order valence-electron chi connectivity index (χ1n) is 9.31. The Kier molecular flexibility index (Phi) is 4.73. The molecule has 1 aromatic heterocycles. The van der Waals surface area contributed by atoms with E-state index in [0.717, 1.165) is 18.4 Å². The molecule has 2 aromatic carbocycles. The molecule has 0 bridgehead atoms. The highest BCUT2D eigenvalue weighted by molar-refractivity contribution is 5.93. The molecule has 0 spiro atoms. The summed E-state index contributed by atoms with van der Waals surface area (Å²) in [6.07, 6.45) is 1.81. The zero-order valence-corrected chi connectivity index (χ0v) is 16.0. The van der Waals surface area contributed by atoms with Crippen molar-refractivity contribution in [3.05, 3.63) is 77.2 Å². The van der Waals surface area contributed by atoms with Gasteiger partial charge < -0.3 is 10.2 Å². The molecule has 0 radical (unpaired) electrons. The van der Waals surface area contributed by atoms with E-state index in [1.807, 2.05) is 0 Å². The van der Waals surface area contributed by atoms with E-state index in [1.54, 1.807) is 18.2 Å². The average Bonchev–Trinajstić information content (AvgIpc) is 3.32. The summed E-state index contributed by atoms with van der Waals surface area (Å²) in [6.45, 7) is 0.540. The van der Waals surface area contributed by atoms with Crippen LogP contribution in [0.4, 0.5) is 4.39 Å². The lowest BCUT2D eigenvalue weighted by Gasteiger charge is -2.36. The first-order chi connectivity index (χ1) is 13.5. The zero-order chi connectivity index (χ0) is 19.7. The van der Waals surface area contributed by atoms with E-state index in [0.29, 0.717) is 17.9 Å². The van der Waals surface area contributed by atoms with Gasteiger partial charge in [0.05, 0.1) is 5.69 Å². The Labute approximate surface area is 163 Å². The molecule has 1 heterocycles. The van der Waals surface area contributed by atoms with E-state index in [-0.39, 0.29) is 17.3 Å². The summed E-state index contributed by atoms with van der Waals surface area (Å²) in [6, 6.07) is 16.2. The van der Waals surface area contributed by atoms with Gasteiger partial charge >= 0.3 is 0 Å². The van der Waals surface area contributed by atoms with Crippen molar-refractivity contribution < 1.29 is 9.18 Å². The Morgan fingerprint density at radius 3 is 2.39 bits per heavy atom. The van der Waals surface area contributed by atoms with Gasteiger partial charge in [0.1, 0.15) is 11.5 Å². The van der Waals surface area contributed by atoms with Crippen LogP contribution in [-0.4, -0.2) is 47.2 Å². The fourth-order valence-electron chi connectivity index (χ4n) is 3.82. The molecule has 6 heteroatoms. The fraction of sp³-hybridized carbons (Fsp3) is 0.273. The van der Waals surface area contributed by atoms with Crippen molar-refractivity contribution in [1.82, 2.24) is 20.4 Å². The normalized spacial score (nSPS) is 14.9. The van der Waals surface area contributed by atoms with Crippen LogP contribution >= 0.6 is 0 Å². The molecule has 4 rings (SSSR count). The molecule has 0 saturated heterocycles. The van der Waals surface area contributed by atoms with Crippen molar-refractivity contribution in [3.8, 4) is 11.3 Å². The van der Waals surface area contributed by atoms with Crippen LogP contribution in [0.3, 0.4) is 0 Å². The molecule has 0 atom stereocenters. The van der Waals surface area contributed by atoms with Crippen LogP contribution in [0.5, 0.6) is 0 Å². The van der Waals surface area contributed by atoms with E-state index in [2.05, 4.69) is 58.8 Å². The molecule has 1 aliphatic carbocycles. The summed E-state index contributed by atoms with van der Waals surface area (Å²) in [5, 5.41) is 10.0. The van der Waals surface area contributed by atoms with Crippen LogP contribution in [0.25, 0.3) is 11.3 Å². The third kappa shape index (κ3) is 3.43. The smallest absolute Gasteiger partial charge is 0.269 e. The van der Waals surface area contributed by atoms with E-state index < -0.39 is 0 Å². The molecular weight excluding hydrogens is 355 g/mol. The van der Waals surface area contributed by atoms with Gasteiger partial charge in [-0.3, -0.25) is 9.89 Å². The van der Waals surface area contributed by atoms with Gasteiger partial charge in [-0.15, -0.1) is 0 Å². The van der Waals surface area contributed by atoms with Gasteiger partial charge in [-0.05, 0) is 68.4 Å². The minimum Gasteiger partial charge on any atom is -0.349 e. The lowest BCUT2D eigenvalue weighted by molar-refractivity contribution is 0.0898. The van der Waals surface area contributed by atoms with Crippen molar-refractivity contribution in [2.75, 3.05) is 20.6 Å². The number of halogens is 1. The molecule has 28 heavy (non-hydrogen) atoms. The average molecular weight is 378 g/mol. The van der Waals surface area contributed by atoms with E-state index in [4.69, 9.17) is 0 Å². The van der Waals surface area contributed by atoms with Crippen LogP contribution in [0.15, 0.2) is 54.6 Å². The van der Waals surface area contributed by atoms with Gasteiger partial charge in [-0.1, -0.05) is 24.3 Å². The van der Waals surface area contributed by atoms with Crippen molar-refractivity contribution in [2.45, 2.75) is 18.4 Å². The summed E-state index contributed by atoms with van der Waals surface area (Å²) in [5.74, 6) is -0.498. The predicted molar refractivity (Wildman–Crippen MR) is 107 cm³/mol. The van der Waals surface area contributed by atoms with E-state index >= 15 is 0 Å². The van der Waals surface area contributed by atoms with Crippen LogP contribution in [0, 0.1) is 5.82 Å². The summed E-state index contributed by atoms with van der Waals surface area (Å²) in [4.78, 5) is 14.9. The quantitative estimate of drug-likeness (QED) is 0.717. The second kappa shape index (κ2) is 7.20. The lowest BCUT2D eigenvalue weighted by atomic mass is 9.94. The molecule has 0 saturated carbocycles. The minimum atomic E-state index is -0.302. The fourth-order valence-corrected chi connectivity index (χ4v) is 3.82. The maximum absolute atomic E-state index is 13.1. The topological polar surface area (TPSA) is 61.0 Å². The summed E-state index contributed by atoms with van der Waals surface area (Å²) in [5.41, 5.74) is 4.30. The Bertz CT molecular complexity index is 969. The number of fused-ring (bicyclic) bond motifs is 1. The van der Waals surface area contributed by atoms with Crippen molar-refractivity contribution in [1.29, 1.82) is 0 Å². The Balaban J connectivity index is 1.46. The van der Waals surface area contributed by atoms with Gasteiger partial charge in [-0.2, -0.15) is 5.10 Å². The Morgan fingerprint density at radius 2 is 1.79 bits per heavy atom. The Hall–Kier alpha value is -2.99. The molecule has 5 nitrogen and oxygen atoms in total. The maximum Gasteiger partial charge on any atom is 0.269 e. The standard InChI is InChI=1S/C22H23FN4O/c1-27(2)22(12-16-5-3-4-6-17(16)13-22)14-24-21(28)20-11-19(25-26-20)15-7-9-18(23)10-8-15/h3-11H,12-14H2,1-2H3,(H,24,28)(H,25,26). The number of hydrogen-bond acceptors (Lipinski definition) is 3. The van der Waals surface area contributed by atoms with Crippen molar-refractivity contribution in [3.63, 3.8) is 0 Å². The molecule has 3 aromatic rings. The van der Waals surface area contributed by atoms with E-state index in [9.17, 15) is 9.18 Å². The van der Waals surface area contributed by atoms with Crippen LogP contribution in [0.2, 0.25) is 0 Å². The first kappa shape index (κ1) is 18.4. The highest BCUT2D eigenvalue weighted by Gasteiger charge is 2.39. The van der Waals surface area contributed by atoms with Crippen molar-refractivity contribution >= 4 is 5.91 Å². The van der Waals surface area contributed by atoms with Crippen LogP contribution in [0.1, 0.15) is 21.6 Å². The number of carbonyl (C=O) groups excluding carboxylic acids is 1. The summed E-state index contributed by atoms with van der Waals surface area (Å²) >= 11 is 0. The molecule has 0 unspecified atom stereocenters. The number of nitrogens with one attached hydrogen (secondary N) is 2. The monoisotopic (exact) mass is 378 g/mol. The van der Waals surface area contributed by atoms with Gasteiger partial charge in [0.15, 0.2) is 0 Å². The molecule has 1 amide bonds. The van der Waals surface area contributed by atoms with Gasteiger partial charge in [-0.25, -0.2) is 4.39 Å². The SMILES string of the molecule is CN(C)C1(CNC(=O)c2cc(-c3ccc(F)cc3)n[nH]2)Cc2ccccc2C1. The number of rotatable bonds is 5. The second-order valence-corrected chi connectivity index (χ2v) is 7.60. The van der Waals surface area contributed by atoms with Crippen LogP contribution < -0.4 is 5.32 Å². The number of aromatic amines is 1. The molecule has 0 fully saturated rings. The first-order valence-corrected chi connectivity index (χ1v) is 9.31. The molecular formula is C22H23FN4O. The number of H-pyrrole nitrogens is 1. The third-order valence-electron chi connectivity index (χ3n) is 5.65. The molecule has 1 aliphatic rings. The van der Waals surface area contributed by atoms with Gasteiger partial charge in [0.2, 0.25) is 0 Å². The Morgan fingerprint density at radius 1 is 1.14 bits per heavy atom. The van der Waals surface area contributed by atoms with Crippen LogP contribution in [-0.2, 0) is 12.8 Å². The highest BCUT2D eigenvalue weighted by Crippen LogP contribution is 2.33. The second-order valence-electron chi connectivity index (χ2n) is 7.60. The maximum atomic E-state index is 13.1. The molecule has 2 N–H and O–H groups in total. The number of carbonyl (C=O) groups is 1. The molecule has 0 aliphatic heterocycles. The summed E-state index contributed by atoms with van der Waals surface area (Å²) < 4.78 is 13.1. The zero-order valence-electron chi connectivity index (χ0n) is 16.0. The third-order valence-corrected chi connectivity index (χ3v) is 5.65. The largest absolute Gasteiger partial charge is 0.349 e. The number of hydrogen-bond donors (Lipinski definition) is 2. The van der Waals surface area contributed by atoms with Gasteiger partial charge in [0, 0.05) is 17.6 Å². The predicted octanol–water partition coefficient (Wildman–Crippen LogP) is 3.04.